The molecule has 124 valence electrons. The number of hydrogen-bond donors (Lipinski definition) is 3. The van der Waals surface area contributed by atoms with E-state index in [0.717, 1.165) is 36.9 Å². The van der Waals surface area contributed by atoms with Crippen molar-refractivity contribution in [3.63, 3.8) is 0 Å². The Bertz CT molecular complexity index is 638. The van der Waals surface area contributed by atoms with Crippen LogP contribution in [0.1, 0.15) is 37.2 Å². The second kappa shape index (κ2) is 6.66. The summed E-state index contributed by atoms with van der Waals surface area (Å²) in [7, 11) is -0.0842. The number of nitrogens with two attached hydrogens (primary N) is 1. The predicted octanol–water partition coefficient (Wildman–Crippen LogP) is 2.25. The molecule has 1 aliphatic rings. The van der Waals surface area contributed by atoms with Gasteiger partial charge in [0.2, 0.25) is 0 Å². The predicted molar refractivity (Wildman–Crippen MR) is 89.8 cm³/mol. The van der Waals surface area contributed by atoms with E-state index in [9.17, 15) is 13.5 Å². The molecule has 0 radical (unpaired) electrons. The molecule has 0 spiro atoms. The molecule has 0 aliphatic heterocycles. The molecule has 0 amide bonds. The van der Waals surface area contributed by atoms with E-state index >= 15 is 0 Å². The van der Waals surface area contributed by atoms with Gasteiger partial charge in [-0.15, -0.1) is 0 Å². The number of hydrogen-bond acceptors (Lipinski definition) is 6. The summed E-state index contributed by atoms with van der Waals surface area (Å²) in [4.78, 5) is 2.24. The minimum absolute atomic E-state index is 0.231. The highest BCUT2D eigenvalue weighted by molar-refractivity contribution is 8.70. The number of benzene rings is 1. The normalized spacial score (nSPS) is 22.5. The van der Waals surface area contributed by atoms with Gasteiger partial charge in [-0.25, -0.2) is 0 Å². The van der Waals surface area contributed by atoms with E-state index in [1.807, 2.05) is 19.0 Å². The van der Waals surface area contributed by atoms with Crippen molar-refractivity contribution in [1.82, 2.24) is 0 Å². The molecule has 4 N–H and O–H groups in total. The van der Waals surface area contributed by atoms with Crippen molar-refractivity contribution in [2.75, 3.05) is 24.7 Å². The third-order valence-corrected chi connectivity index (χ3v) is 5.89. The van der Waals surface area contributed by atoms with E-state index in [4.69, 9.17) is 10.3 Å². The van der Waals surface area contributed by atoms with E-state index in [-0.39, 0.29) is 6.10 Å². The van der Waals surface area contributed by atoms with Crippen LogP contribution in [0.4, 0.5) is 11.4 Å². The van der Waals surface area contributed by atoms with E-state index < -0.39 is 9.15 Å². The molecule has 0 aromatic heterocycles. The summed E-state index contributed by atoms with van der Waals surface area (Å²) in [6.45, 7) is 0. The summed E-state index contributed by atoms with van der Waals surface area (Å²) in [5.41, 5.74) is 8.26. The first-order valence-corrected chi connectivity index (χ1v) is 9.90. The van der Waals surface area contributed by atoms with Gasteiger partial charge in [0, 0.05) is 36.3 Å². The highest BCUT2D eigenvalue weighted by atomic mass is 33.1. The van der Waals surface area contributed by atoms with Crippen molar-refractivity contribution in [3.8, 4) is 0 Å². The van der Waals surface area contributed by atoms with E-state index in [2.05, 4.69) is 0 Å². The van der Waals surface area contributed by atoms with Crippen LogP contribution in [0.5, 0.6) is 0 Å². The van der Waals surface area contributed by atoms with Crippen molar-refractivity contribution in [1.29, 1.82) is 0 Å². The molecule has 22 heavy (non-hydrogen) atoms. The van der Waals surface area contributed by atoms with Gasteiger partial charge < -0.3 is 15.7 Å². The van der Waals surface area contributed by atoms with E-state index in [1.54, 1.807) is 12.1 Å². The maximum absolute atomic E-state index is 11.1. The van der Waals surface area contributed by atoms with Gasteiger partial charge in [-0.1, -0.05) is 0 Å². The lowest BCUT2D eigenvalue weighted by Crippen LogP contribution is -2.20. The third-order valence-electron chi connectivity index (χ3n) is 3.97. The SMILES string of the molecule is CN(C)c1cc(SS(=O)(=O)O)c(N)cc1C1CCC(O)CC1. The van der Waals surface area contributed by atoms with Gasteiger partial charge in [0.05, 0.1) is 11.0 Å². The van der Waals surface area contributed by atoms with Gasteiger partial charge in [0.25, 0.3) is 0 Å². The molecule has 0 unspecified atom stereocenters. The smallest absolute Gasteiger partial charge is 0.324 e. The zero-order chi connectivity index (χ0) is 16.5. The van der Waals surface area contributed by atoms with Crippen molar-refractivity contribution in [2.24, 2.45) is 0 Å². The van der Waals surface area contributed by atoms with Crippen molar-refractivity contribution in [2.45, 2.75) is 42.6 Å². The molecule has 1 aliphatic carbocycles. The average molecular weight is 346 g/mol. The quantitative estimate of drug-likeness (QED) is 0.436. The summed E-state index contributed by atoms with van der Waals surface area (Å²) in [5, 5.41) is 9.65. The van der Waals surface area contributed by atoms with Crippen LogP contribution in [-0.4, -0.2) is 38.3 Å². The molecule has 1 fully saturated rings. The van der Waals surface area contributed by atoms with Crippen LogP contribution < -0.4 is 10.6 Å². The Labute approximate surface area is 134 Å². The van der Waals surface area contributed by atoms with Crippen molar-refractivity contribution < 1.29 is 18.1 Å². The van der Waals surface area contributed by atoms with Gasteiger partial charge in [0.15, 0.2) is 0 Å². The van der Waals surface area contributed by atoms with E-state index in [0.29, 0.717) is 27.3 Å². The highest BCUT2D eigenvalue weighted by Crippen LogP contribution is 2.42. The van der Waals surface area contributed by atoms with Crippen LogP contribution in [0.25, 0.3) is 0 Å². The number of rotatable bonds is 4. The van der Waals surface area contributed by atoms with Gasteiger partial charge in [-0.2, -0.15) is 8.42 Å². The Hall–Kier alpha value is -0.960. The molecule has 1 saturated carbocycles. The molecular weight excluding hydrogens is 324 g/mol. The average Bonchev–Trinajstić information content (AvgIpc) is 2.40. The maximum atomic E-state index is 11.1. The first-order chi connectivity index (χ1) is 10.2. The highest BCUT2D eigenvalue weighted by Gasteiger charge is 2.25. The minimum atomic E-state index is -4.20. The number of nitrogens with zero attached hydrogens (tertiary/aromatic N) is 1. The van der Waals surface area contributed by atoms with Crippen LogP contribution in [0.15, 0.2) is 17.0 Å². The lowest BCUT2D eigenvalue weighted by molar-refractivity contribution is 0.122. The Morgan fingerprint density at radius 1 is 1.23 bits per heavy atom. The molecule has 0 heterocycles. The Morgan fingerprint density at radius 2 is 1.82 bits per heavy atom. The molecule has 1 aromatic rings. The van der Waals surface area contributed by atoms with Crippen LogP contribution in [-0.2, 0) is 9.15 Å². The first kappa shape index (κ1) is 17.4. The molecule has 8 heteroatoms. The Morgan fingerprint density at radius 3 is 2.32 bits per heavy atom. The van der Waals surface area contributed by atoms with Gasteiger partial charge in [-0.3, -0.25) is 4.55 Å². The zero-order valence-corrected chi connectivity index (χ0v) is 14.3. The van der Waals surface area contributed by atoms with Crippen LogP contribution in [0.2, 0.25) is 0 Å². The fourth-order valence-corrected chi connectivity index (χ4v) is 4.55. The van der Waals surface area contributed by atoms with Crippen LogP contribution >= 0.6 is 10.8 Å². The van der Waals surface area contributed by atoms with Crippen LogP contribution in [0, 0.1) is 0 Å². The zero-order valence-electron chi connectivity index (χ0n) is 12.7. The topological polar surface area (TPSA) is 104 Å². The maximum Gasteiger partial charge on any atom is 0.324 e. The summed E-state index contributed by atoms with van der Waals surface area (Å²) < 4.78 is 31.2. The fourth-order valence-electron chi connectivity index (χ4n) is 2.89. The molecule has 1 aromatic carbocycles. The molecule has 0 saturated heterocycles. The fraction of sp³-hybridized carbons (Fsp3) is 0.571. The molecule has 0 atom stereocenters. The number of anilines is 2. The molecular formula is C14H22N2O4S2. The standard InChI is InChI=1S/C14H22N2O4S2/c1-16(2)13-8-14(21-22(18,19)20)12(15)7-11(13)9-3-5-10(17)6-4-9/h7-10,17H,3-6,15H2,1-2H3,(H,18,19,20). The van der Waals surface area contributed by atoms with Crippen molar-refractivity contribution in [3.05, 3.63) is 17.7 Å². The monoisotopic (exact) mass is 346 g/mol. The summed E-state index contributed by atoms with van der Waals surface area (Å²) in [5.74, 6) is 0.299. The first-order valence-electron chi connectivity index (χ1n) is 7.13. The van der Waals surface area contributed by atoms with Gasteiger partial charge in [-0.05, 0) is 49.3 Å². The van der Waals surface area contributed by atoms with Crippen molar-refractivity contribution >= 4 is 31.3 Å². The Kier molecular flexibility index (Phi) is 5.26. The largest absolute Gasteiger partial charge is 0.398 e. The van der Waals surface area contributed by atoms with Gasteiger partial charge >= 0.3 is 9.15 Å². The van der Waals surface area contributed by atoms with E-state index in [1.165, 1.54) is 0 Å². The summed E-state index contributed by atoms with van der Waals surface area (Å²) >= 11 is 0. The molecule has 2 rings (SSSR count). The summed E-state index contributed by atoms with van der Waals surface area (Å²) in [6.07, 6.45) is 3.06. The minimum Gasteiger partial charge on any atom is -0.398 e. The Balaban J connectivity index is 2.39. The molecule has 0 bridgehead atoms. The molecule has 6 nitrogen and oxygen atoms in total. The second-order valence-electron chi connectivity index (χ2n) is 5.86. The van der Waals surface area contributed by atoms with Crippen LogP contribution in [0.3, 0.4) is 0 Å². The summed E-state index contributed by atoms with van der Waals surface area (Å²) in [6, 6.07) is 3.50. The lowest BCUT2D eigenvalue weighted by atomic mass is 9.82. The number of aliphatic hydroxyl groups is 1. The third kappa shape index (κ3) is 4.28. The van der Waals surface area contributed by atoms with Gasteiger partial charge in [0.1, 0.15) is 0 Å². The number of nitrogen functional groups attached to an aromatic ring is 1. The number of aliphatic hydroxyl groups excluding tert-OH is 1. The second-order valence-corrected chi connectivity index (χ2v) is 9.09. The lowest BCUT2D eigenvalue weighted by Gasteiger charge is -2.30.